The number of hydrogen-bond acceptors (Lipinski definition) is 3. The fourth-order valence-corrected chi connectivity index (χ4v) is 2.23. The summed E-state index contributed by atoms with van der Waals surface area (Å²) in [4.78, 5) is 14.2. The lowest BCUT2D eigenvalue weighted by molar-refractivity contribution is -0.139. The second-order valence-electron chi connectivity index (χ2n) is 4.64. The first-order chi connectivity index (χ1) is 8.70. The summed E-state index contributed by atoms with van der Waals surface area (Å²) in [6.45, 7) is 4.09. The van der Waals surface area contributed by atoms with Gasteiger partial charge in [0.2, 0.25) is 5.91 Å². The van der Waals surface area contributed by atoms with E-state index in [0.29, 0.717) is 26.2 Å². The van der Waals surface area contributed by atoms with Crippen LogP contribution in [-0.2, 0) is 16.0 Å². The third-order valence-electron chi connectivity index (χ3n) is 3.35. The van der Waals surface area contributed by atoms with Crippen LogP contribution in [0, 0.1) is 0 Å². The lowest BCUT2D eigenvalue weighted by Crippen LogP contribution is -2.48. The maximum Gasteiger partial charge on any atom is 0.227 e. The van der Waals surface area contributed by atoms with Gasteiger partial charge in [-0.1, -0.05) is 19.1 Å². The number of morpholine rings is 1. The van der Waals surface area contributed by atoms with Crippen LogP contribution < -0.4 is 5.73 Å². The maximum atomic E-state index is 12.3. The lowest BCUT2D eigenvalue weighted by atomic mass is 10.1. The zero-order chi connectivity index (χ0) is 13.0. The Kier molecular flexibility index (Phi) is 4.20. The van der Waals surface area contributed by atoms with Crippen molar-refractivity contribution in [1.29, 1.82) is 0 Å². The monoisotopic (exact) mass is 248 g/mol. The molecule has 0 saturated carbocycles. The highest BCUT2D eigenvalue weighted by molar-refractivity contribution is 5.79. The molecule has 98 valence electrons. The second-order valence-corrected chi connectivity index (χ2v) is 4.64. The van der Waals surface area contributed by atoms with Gasteiger partial charge >= 0.3 is 0 Å². The fourth-order valence-electron chi connectivity index (χ4n) is 2.23. The van der Waals surface area contributed by atoms with E-state index in [4.69, 9.17) is 10.5 Å². The number of nitrogens with two attached hydrogens (primary N) is 1. The summed E-state index contributed by atoms with van der Waals surface area (Å²) in [6, 6.07) is 7.71. The average molecular weight is 248 g/mol. The highest BCUT2D eigenvalue weighted by Crippen LogP contribution is 2.13. The summed E-state index contributed by atoms with van der Waals surface area (Å²) < 4.78 is 5.41. The zero-order valence-corrected chi connectivity index (χ0v) is 10.8. The van der Waals surface area contributed by atoms with Crippen molar-refractivity contribution in [3.63, 3.8) is 0 Å². The summed E-state index contributed by atoms with van der Waals surface area (Å²) in [5.74, 6) is 0.176. The number of hydrogen-bond donors (Lipinski definition) is 1. The molecule has 4 heteroatoms. The largest absolute Gasteiger partial charge is 0.399 e. The van der Waals surface area contributed by atoms with Gasteiger partial charge in [-0.15, -0.1) is 0 Å². The Morgan fingerprint density at radius 1 is 1.44 bits per heavy atom. The van der Waals surface area contributed by atoms with E-state index in [0.717, 1.165) is 17.7 Å². The van der Waals surface area contributed by atoms with Crippen molar-refractivity contribution < 1.29 is 9.53 Å². The molecule has 0 aliphatic carbocycles. The Labute approximate surface area is 108 Å². The van der Waals surface area contributed by atoms with Crippen molar-refractivity contribution in [1.82, 2.24) is 4.90 Å². The normalized spacial score (nSPS) is 19.8. The van der Waals surface area contributed by atoms with Gasteiger partial charge in [0.25, 0.3) is 0 Å². The predicted molar refractivity (Wildman–Crippen MR) is 71.2 cm³/mol. The summed E-state index contributed by atoms with van der Waals surface area (Å²) in [5.41, 5.74) is 7.37. The molecule has 2 rings (SSSR count). The summed E-state index contributed by atoms with van der Waals surface area (Å²) >= 11 is 0. The molecular formula is C14H20N2O2. The molecule has 1 atom stereocenters. The van der Waals surface area contributed by atoms with Crippen LogP contribution in [0.25, 0.3) is 0 Å². The number of nitrogens with zero attached hydrogens (tertiary/aromatic N) is 1. The van der Waals surface area contributed by atoms with E-state index in [-0.39, 0.29) is 11.9 Å². The van der Waals surface area contributed by atoms with E-state index in [2.05, 4.69) is 6.92 Å². The van der Waals surface area contributed by atoms with E-state index in [1.165, 1.54) is 0 Å². The van der Waals surface area contributed by atoms with E-state index < -0.39 is 0 Å². The van der Waals surface area contributed by atoms with Crippen molar-refractivity contribution in [3.8, 4) is 0 Å². The van der Waals surface area contributed by atoms with Gasteiger partial charge in [0.1, 0.15) is 0 Å². The van der Waals surface area contributed by atoms with Crippen LogP contribution in [0.15, 0.2) is 24.3 Å². The highest BCUT2D eigenvalue weighted by atomic mass is 16.5. The molecule has 4 nitrogen and oxygen atoms in total. The Bertz CT molecular complexity index is 403. The van der Waals surface area contributed by atoms with Gasteiger partial charge in [-0.05, 0) is 24.1 Å². The van der Waals surface area contributed by atoms with Crippen molar-refractivity contribution in [2.24, 2.45) is 0 Å². The molecule has 0 bridgehead atoms. The lowest BCUT2D eigenvalue weighted by Gasteiger charge is -2.35. The van der Waals surface area contributed by atoms with Crippen LogP contribution >= 0.6 is 0 Å². The Balaban J connectivity index is 2.00. The third-order valence-corrected chi connectivity index (χ3v) is 3.35. The first-order valence-electron chi connectivity index (χ1n) is 6.42. The minimum atomic E-state index is 0.176. The number of anilines is 1. The van der Waals surface area contributed by atoms with Gasteiger partial charge < -0.3 is 15.4 Å². The zero-order valence-electron chi connectivity index (χ0n) is 10.8. The third kappa shape index (κ3) is 3.01. The first kappa shape index (κ1) is 12.9. The van der Waals surface area contributed by atoms with Crippen LogP contribution in [0.1, 0.15) is 18.9 Å². The maximum absolute atomic E-state index is 12.3. The van der Waals surface area contributed by atoms with Crippen LogP contribution in [0.2, 0.25) is 0 Å². The van der Waals surface area contributed by atoms with Gasteiger partial charge in [0.05, 0.1) is 25.7 Å². The van der Waals surface area contributed by atoms with Crippen LogP contribution in [0.3, 0.4) is 0 Å². The molecule has 1 aliphatic heterocycles. The standard InChI is InChI=1S/C14H20N2O2/c1-2-13-10-18-8-7-16(13)14(17)9-11-3-5-12(15)6-4-11/h3-6,13H,2,7-10,15H2,1H3. The first-order valence-corrected chi connectivity index (χ1v) is 6.42. The average Bonchev–Trinajstić information content (AvgIpc) is 2.41. The minimum absolute atomic E-state index is 0.176. The summed E-state index contributed by atoms with van der Waals surface area (Å²) in [7, 11) is 0. The molecule has 1 saturated heterocycles. The highest BCUT2D eigenvalue weighted by Gasteiger charge is 2.25. The molecule has 1 aromatic carbocycles. The number of carbonyl (C=O) groups excluding carboxylic acids is 1. The molecule has 2 N–H and O–H groups in total. The summed E-state index contributed by atoms with van der Waals surface area (Å²) in [6.07, 6.45) is 1.38. The topological polar surface area (TPSA) is 55.6 Å². The van der Waals surface area contributed by atoms with Crippen molar-refractivity contribution in [2.45, 2.75) is 25.8 Å². The molecule has 1 heterocycles. The molecule has 18 heavy (non-hydrogen) atoms. The predicted octanol–water partition coefficient (Wildman–Crippen LogP) is 1.45. The molecule has 1 unspecified atom stereocenters. The number of nitrogen functional groups attached to an aromatic ring is 1. The number of amides is 1. The van der Waals surface area contributed by atoms with Crippen molar-refractivity contribution in [2.75, 3.05) is 25.5 Å². The van der Waals surface area contributed by atoms with E-state index >= 15 is 0 Å². The van der Waals surface area contributed by atoms with Crippen molar-refractivity contribution >= 4 is 11.6 Å². The fraction of sp³-hybridized carbons (Fsp3) is 0.500. The van der Waals surface area contributed by atoms with Gasteiger partial charge in [-0.2, -0.15) is 0 Å². The molecular weight excluding hydrogens is 228 g/mol. The van der Waals surface area contributed by atoms with Gasteiger partial charge in [0, 0.05) is 12.2 Å². The summed E-state index contributed by atoms with van der Waals surface area (Å²) in [5, 5.41) is 0. The number of rotatable bonds is 3. The number of benzene rings is 1. The SMILES string of the molecule is CCC1COCCN1C(=O)Cc1ccc(N)cc1. The minimum Gasteiger partial charge on any atom is -0.399 e. The molecule has 0 radical (unpaired) electrons. The Morgan fingerprint density at radius 3 is 2.83 bits per heavy atom. The van der Waals surface area contributed by atoms with Crippen LogP contribution in [0.5, 0.6) is 0 Å². The van der Waals surface area contributed by atoms with Gasteiger partial charge in [0.15, 0.2) is 0 Å². The Morgan fingerprint density at radius 2 is 2.17 bits per heavy atom. The Hall–Kier alpha value is -1.55. The second kappa shape index (κ2) is 5.87. The number of carbonyl (C=O) groups is 1. The van der Waals surface area contributed by atoms with Gasteiger partial charge in [-0.3, -0.25) is 4.79 Å². The van der Waals surface area contributed by atoms with Crippen LogP contribution in [-0.4, -0.2) is 36.6 Å². The van der Waals surface area contributed by atoms with E-state index in [1.807, 2.05) is 29.2 Å². The van der Waals surface area contributed by atoms with E-state index in [9.17, 15) is 4.79 Å². The van der Waals surface area contributed by atoms with Gasteiger partial charge in [-0.25, -0.2) is 0 Å². The number of ether oxygens (including phenoxy) is 1. The molecule has 1 aliphatic rings. The molecule has 1 aromatic rings. The smallest absolute Gasteiger partial charge is 0.227 e. The van der Waals surface area contributed by atoms with Crippen molar-refractivity contribution in [3.05, 3.63) is 29.8 Å². The molecule has 1 fully saturated rings. The molecule has 0 aromatic heterocycles. The quantitative estimate of drug-likeness (QED) is 0.824. The molecule has 0 spiro atoms. The molecule has 1 amide bonds. The van der Waals surface area contributed by atoms with E-state index in [1.54, 1.807) is 0 Å². The van der Waals surface area contributed by atoms with Crippen LogP contribution in [0.4, 0.5) is 5.69 Å².